The number of amides is 2. The van der Waals surface area contributed by atoms with Crippen molar-refractivity contribution >= 4 is 27.9 Å². The zero-order chi connectivity index (χ0) is 30.1. The van der Waals surface area contributed by atoms with Gasteiger partial charge in [-0.2, -0.15) is 0 Å². The molecule has 4 rings (SSSR count). The first-order chi connectivity index (χ1) is 20.3. The SMILES string of the molecule is C=CCNC(=O)c1ccc(OC(C(=O)NS(=O)(=O)/C=C/c2ccccc2)c2ccc3c(c2)OCO3)c(CCC)c1OC. The summed E-state index contributed by atoms with van der Waals surface area (Å²) in [5, 5.41) is 3.65. The molecule has 1 aliphatic rings. The highest BCUT2D eigenvalue weighted by atomic mass is 32.2. The van der Waals surface area contributed by atoms with Crippen molar-refractivity contribution in [3.05, 3.63) is 101 Å². The fourth-order valence-corrected chi connectivity index (χ4v) is 5.11. The lowest BCUT2D eigenvalue weighted by molar-refractivity contribution is -0.126. The van der Waals surface area contributed by atoms with Crippen LogP contribution in [-0.2, 0) is 21.2 Å². The average molecular weight is 593 g/mol. The largest absolute Gasteiger partial charge is 0.495 e. The van der Waals surface area contributed by atoms with Gasteiger partial charge in [0.25, 0.3) is 21.8 Å². The Balaban J connectivity index is 1.71. The number of hydrogen-bond acceptors (Lipinski definition) is 8. The molecule has 0 fully saturated rings. The standard InChI is InChI=1S/C31H32N2O8S/c1-4-9-23-25(15-13-24(29(23)38-3)30(34)32-17-5-2)41-28(22-12-14-26-27(19-22)40-20-39-26)31(35)33-42(36,37)18-16-21-10-7-6-8-11-21/h5-8,10-16,18-19,28H,2,4,9,17,20H2,1,3H3,(H,32,34)(H,33,35)/b18-16+. The van der Waals surface area contributed by atoms with E-state index in [0.29, 0.717) is 46.8 Å². The van der Waals surface area contributed by atoms with Gasteiger partial charge in [-0.1, -0.05) is 55.8 Å². The van der Waals surface area contributed by atoms with E-state index in [9.17, 15) is 18.0 Å². The topological polar surface area (TPSA) is 129 Å². The monoisotopic (exact) mass is 592 g/mol. The third kappa shape index (κ3) is 7.29. The zero-order valence-electron chi connectivity index (χ0n) is 23.3. The maximum absolute atomic E-state index is 13.6. The minimum atomic E-state index is -4.20. The fourth-order valence-electron chi connectivity index (χ4n) is 4.32. The summed E-state index contributed by atoms with van der Waals surface area (Å²) < 4.78 is 50.6. The summed E-state index contributed by atoms with van der Waals surface area (Å²) in [6, 6.07) is 16.7. The minimum absolute atomic E-state index is 0.0163. The fraction of sp³-hybridized carbons (Fsp3) is 0.226. The first kappa shape index (κ1) is 30.2. The lowest BCUT2D eigenvalue weighted by Gasteiger charge is -2.23. The number of benzene rings is 3. The number of rotatable bonds is 13. The third-order valence-electron chi connectivity index (χ3n) is 6.24. The maximum Gasteiger partial charge on any atom is 0.279 e. The van der Waals surface area contributed by atoms with Crippen molar-refractivity contribution in [2.75, 3.05) is 20.4 Å². The lowest BCUT2D eigenvalue weighted by Crippen LogP contribution is -2.36. The summed E-state index contributed by atoms with van der Waals surface area (Å²) >= 11 is 0. The molecule has 0 bridgehead atoms. The number of fused-ring (bicyclic) bond motifs is 1. The van der Waals surface area contributed by atoms with Gasteiger partial charge in [-0.15, -0.1) is 6.58 Å². The number of hydrogen-bond donors (Lipinski definition) is 2. The summed E-state index contributed by atoms with van der Waals surface area (Å²) in [6.45, 7) is 5.84. The molecule has 3 aromatic carbocycles. The molecule has 1 aliphatic heterocycles. The van der Waals surface area contributed by atoms with Crippen LogP contribution in [0.15, 0.2) is 78.7 Å². The Morgan fingerprint density at radius 2 is 1.83 bits per heavy atom. The molecule has 220 valence electrons. The van der Waals surface area contributed by atoms with Gasteiger partial charge in [0.1, 0.15) is 11.5 Å². The number of carbonyl (C=O) groups is 2. The molecule has 3 aromatic rings. The van der Waals surface area contributed by atoms with E-state index in [1.54, 1.807) is 54.6 Å². The van der Waals surface area contributed by atoms with Gasteiger partial charge < -0.3 is 24.3 Å². The van der Waals surface area contributed by atoms with Crippen LogP contribution in [0.1, 0.15) is 46.5 Å². The molecule has 0 aromatic heterocycles. The van der Waals surface area contributed by atoms with E-state index >= 15 is 0 Å². The van der Waals surface area contributed by atoms with E-state index < -0.39 is 22.0 Å². The average Bonchev–Trinajstić information content (AvgIpc) is 3.46. The molecule has 2 amide bonds. The van der Waals surface area contributed by atoms with E-state index in [0.717, 1.165) is 5.41 Å². The van der Waals surface area contributed by atoms with Gasteiger partial charge in [-0.05, 0) is 42.3 Å². The summed E-state index contributed by atoms with van der Waals surface area (Å²) in [6.07, 6.45) is 2.65. The van der Waals surface area contributed by atoms with Crippen LogP contribution in [0.2, 0.25) is 0 Å². The van der Waals surface area contributed by atoms with E-state index in [-0.39, 0.29) is 30.6 Å². The smallest absolute Gasteiger partial charge is 0.279 e. The predicted molar refractivity (Wildman–Crippen MR) is 158 cm³/mol. The Kier molecular flexibility index (Phi) is 9.87. The molecule has 0 saturated heterocycles. The Labute approximate surface area is 245 Å². The van der Waals surface area contributed by atoms with Crippen molar-refractivity contribution < 1.29 is 37.0 Å². The van der Waals surface area contributed by atoms with E-state index in [1.807, 2.05) is 13.0 Å². The summed E-state index contributed by atoms with van der Waals surface area (Å²) in [5.74, 6) is 0.127. The van der Waals surface area contributed by atoms with E-state index in [1.165, 1.54) is 19.3 Å². The zero-order valence-corrected chi connectivity index (χ0v) is 24.1. The second-order valence-electron chi connectivity index (χ2n) is 9.21. The maximum atomic E-state index is 13.6. The molecular weight excluding hydrogens is 560 g/mol. The molecule has 1 atom stereocenters. The Morgan fingerprint density at radius 3 is 2.55 bits per heavy atom. The van der Waals surface area contributed by atoms with Crippen LogP contribution in [0, 0.1) is 0 Å². The van der Waals surface area contributed by atoms with E-state index in [4.69, 9.17) is 18.9 Å². The van der Waals surface area contributed by atoms with Crippen LogP contribution in [0.4, 0.5) is 0 Å². The molecule has 0 radical (unpaired) electrons. The Morgan fingerprint density at radius 1 is 1.07 bits per heavy atom. The molecule has 11 heteroatoms. The molecule has 10 nitrogen and oxygen atoms in total. The highest BCUT2D eigenvalue weighted by Crippen LogP contribution is 2.39. The van der Waals surface area contributed by atoms with Crippen molar-refractivity contribution in [1.29, 1.82) is 0 Å². The highest BCUT2D eigenvalue weighted by molar-refractivity contribution is 7.93. The molecule has 0 aliphatic carbocycles. The minimum Gasteiger partial charge on any atom is -0.495 e. The second kappa shape index (κ2) is 13.7. The predicted octanol–water partition coefficient (Wildman–Crippen LogP) is 4.53. The molecule has 2 N–H and O–H groups in total. The molecule has 0 saturated carbocycles. The van der Waals surface area contributed by atoms with Crippen LogP contribution in [0.25, 0.3) is 6.08 Å². The lowest BCUT2D eigenvalue weighted by atomic mass is 10.0. The molecule has 1 heterocycles. The van der Waals surface area contributed by atoms with Crippen LogP contribution in [0.3, 0.4) is 0 Å². The third-order valence-corrected chi connectivity index (χ3v) is 7.22. The van der Waals surface area contributed by atoms with Crippen LogP contribution < -0.4 is 29.0 Å². The molecule has 42 heavy (non-hydrogen) atoms. The van der Waals surface area contributed by atoms with Gasteiger partial charge in [0.05, 0.1) is 18.1 Å². The van der Waals surface area contributed by atoms with Crippen molar-refractivity contribution in [1.82, 2.24) is 10.0 Å². The first-order valence-electron chi connectivity index (χ1n) is 13.2. The van der Waals surface area contributed by atoms with Gasteiger partial charge in [0.2, 0.25) is 12.9 Å². The molecule has 1 unspecified atom stereocenters. The number of ether oxygens (including phenoxy) is 4. The van der Waals surface area contributed by atoms with Gasteiger partial charge in [-0.3, -0.25) is 9.59 Å². The Hall–Kier alpha value is -4.77. The summed E-state index contributed by atoms with van der Waals surface area (Å²) in [5.41, 5.74) is 1.81. The van der Waals surface area contributed by atoms with E-state index in [2.05, 4.69) is 16.6 Å². The highest BCUT2D eigenvalue weighted by Gasteiger charge is 2.30. The molecular formula is C31H32N2O8S. The van der Waals surface area contributed by atoms with Crippen LogP contribution >= 0.6 is 0 Å². The number of methoxy groups -OCH3 is 1. The van der Waals surface area contributed by atoms with Crippen molar-refractivity contribution in [3.63, 3.8) is 0 Å². The molecule has 0 spiro atoms. The van der Waals surface area contributed by atoms with Crippen LogP contribution in [0.5, 0.6) is 23.0 Å². The number of nitrogens with one attached hydrogen (secondary N) is 2. The quantitative estimate of drug-likeness (QED) is 0.277. The van der Waals surface area contributed by atoms with Crippen molar-refractivity contribution in [2.45, 2.75) is 25.9 Å². The summed E-state index contributed by atoms with van der Waals surface area (Å²) in [7, 11) is -2.76. The van der Waals surface area contributed by atoms with Crippen molar-refractivity contribution in [2.24, 2.45) is 0 Å². The summed E-state index contributed by atoms with van der Waals surface area (Å²) in [4.78, 5) is 26.4. The number of sulfonamides is 1. The van der Waals surface area contributed by atoms with Crippen molar-refractivity contribution in [3.8, 4) is 23.0 Å². The van der Waals surface area contributed by atoms with Crippen LogP contribution in [-0.4, -0.2) is 40.7 Å². The second-order valence-corrected chi connectivity index (χ2v) is 10.8. The van der Waals surface area contributed by atoms with Gasteiger partial charge in [0, 0.05) is 17.7 Å². The normalized spacial score (nSPS) is 12.9. The van der Waals surface area contributed by atoms with Gasteiger partial charge in [0.15, 0.2) is 11.5 Å². The first-order valence-corrected chi connectivity index (χ1v) is 14.8. The van der Waals surface area contributed by atoms with Gasteiger partial charge in [-0.25, -0.2) is 13.1 Å². The number of carbonyl (C=O) groups excluding carboxylic acids is 2. The van der Waals surface area contributed by atoms with Gasteiger partial charge >= 0.3 is 0 Å². The Bertz CT molecular complexity index is 1590.